The first-order chi connectivity index (χ1) is 11.9. The van der Waals surface area contributed by atoms with Gasteiger partial charge in [0.1, 0.15) is 5.69 Å². The van der Waals surface area contributed by atoms with Crippen molar-refractivity contribution in [2.24, 2.45) is 5.92 Å². The Morgan fingerprint density at radius 2 is 2.00 bits per heavy atom. The van der Waals surface area contributed by atoms with Crippen LogP contribution in [0.3, 0.4) is 0 Å². The SMILES string of the molecule is O=C(O)C1CCCN(c2nc(-c3ccc(Br)cc3)cc(C(F)F)n2)C1. The average Bonchev–Trinajstić information content (AvgIpc) is 2.62. The molecule has 2 heterocycles. The molecule has 25 heavy (non-hydrogen) atoms. The predicted octanol–water partition coefficient (Wildman–Crippen LogP) is 4.14. The summed E-state index contributed by atoms with van der Waals surface area (Å²) >= 11 is 3.34. The van der Waals surface area contributed by atoms with Gasteiger partial charge in [0, 0.05) is 23.1 Å². The van der Waals surface area contributed by atoms with Crippen LogP contribution in [0.1, 0.15) is 25.0 Å². The Kier molecular flexibility index (Phi) is 5.27. The highest BCUT2D eigenvalue weighted by molar-refractivity contribution is 9.10. The number of alkyl halides is 2. The molecule has 0 saturated carbocycles. The maximum atomic E-state index is 13.3. The molecule has 1 N–H and O–H groups in total. The zero-order valence-electron chi connectivity index (χ0n) is 13.2. The maximum Gasteiger partial charge on any atom is 0.308 e. The second-order valence-electron chi connectivity index (χ2n) is 5.91. The van der Waals surface area contributed by atoms with Crippen molar-refractivity contribution in [1.82, 2.24) is 9.97 Å². The molecule has 8 heteroatoms. The van der Waals surface area contributed by atoms with Crippen molar-refractivity contribution in [3.05, 3.63) is 40.5 Å². The first kappa shape index (κ1) is 17.7. The fourth-order valence-corrected chi connectivity index (χ4v) is 3.10. The smallest absolute Gasteiger partial charge is 0.308 e. The van der Waals surface area contributed by atoms with Crippen LogP contribution in [0.2, 0.25) is 0 Å². The highest BCUT2D eigenvalue weighted by Crippen LogP contribution is 2.28. The van der Waals surface area contributed by atoms with Gasteiger partial charge in [-0.15, -0.1) is 0 Å². The number of piperidine rings is 1. The molecule has 0 spiro atoms. The van der Waals surface area contributed by atoms with Crippen molar-refractivity contribution in [2.45, 2.75) is 19.3 Å². The number of carboxylic acid groups (broad SMARTS) is 1. The molecule has 1 aliphatic rings. The molecular weight excluding hydrogens is 396 g/mol. The van der Waals surface area contributed by atoms with E-state index in [0.29, 0.717) is 30.6 Å². The molecule has 1 atom stereocenters. The number of benzene rings is 1. The Bertz CT molecular complexity index is 771. The number of rotatable bonds is 4. The lowest BCUT2D eigenvalue weighted by molar-refractivity contribution is -0.141. The zero-order chi connectivity index (χ0) is 18.0. The number of anilines is 1. The van der Waals surface area contributed by atoms with E-state index in [0.717, 1.165) is 4.47 Å². The summed E-state index contributed by atoms with van der Waals surface area (Å²) in [6.45, 7) is 0.776. The van der Waals surface area contributed by atoms with Gasteiger partial charge in [-0.3, -0.25) is 4.79 Å². The van der Waals surface area contributed by atoms with Gasteiger partial charge in [-0.05, 0) is 31.0 Å². The first-order valence-corrected chi connectivity index (χ1v) is 8.64. The third kappa shape index (κ3) is 4.12. The third-order valence-corrected chi connectivity index (χ3v) is 4.68. The van der Waals surface area contributed by atoms with Crippen LogP contribution in [0.15, 0.2) is 34.8 Å². The molecular formula is C17H16BrF2N3O2. The molecule has 1 aliphatic heterocycles. The summed E-state index contributed by atoms with van der Waals surface area (Å²) in [6.07, 6.45) is -1.50. The number of carboxylic acids is 1. The van der Waals surface area contributed by atoms with Crippen molar-refractivity contribution in [1.29, 1.82) is 0 Å². The topological polar surface area (TPSA) is 66.3 Å². The summed E-state index contributed by atoms with van der Waals surface area (Å²) in [6, 6.07) is 8.44. The second kappa shape index (κ2) is 7.43. The minimum Gasteiger partial charge on any atom is -0.481 e. The molecule has 132 valence electrons. The normalized spacial score (nSPS) is 17.8. The molecule has 1 aromatic heterocycles. The highest BCUT2D eigenvalue weighted by atomic mass is 79.9. The largest absolute Gasteiger partial charge is 0.481 e. The van der Waals surface area contributed by atoms with Gasteiger partial charge in [0.15, 0.2) is 0 Å². The molecule has 1 unspecified atom stereocenters. The van der Waals surface area contributed by atoms with E-state index < -0.39 is 18.3 Å². The number of aliphatic carboxylic acids is 1. The van der Waals surface area contributed by atoms with E-state index in [4.69, 9.17) is 0 Å². The fraction of sp³-hybridized carbons (Fsp3) is 0.353. The summed E-state index contributed by atoms with van der Waals surface area (Å²) in [5, 5.41) is 9.21. The van der Waals surface area contributed by atoms with E-state index in [9.17, 15) is 18.7 Å². The molecule has 2 aromatic rings. The molecule has 1 fully saturated rings. The lowest BCUT2D eigenvalue weighted by Crippen LogP contribution is -2.39. The van der Waals surface area contributed by atoms with Crippen LogP contribution in [0.5, 0.6) is 0 Å². The number of hydrogen-bond acceptors (Lipinski definition) is 4. The van der Waals surface area contributed by atoms with Gasteiger partial charge < -0.3 is 10.0 Å². The van der Waals surface area contributed by atoms with Crippen LogP contribution in [0.4, 0.5) is 14.7 Å². The molecule has 0 bridgehead atoms. The first-order valence-electron chi connectivity index (χ1n) is 7.85. The molecule has 0 radical (unpaired) electrons. The number of nitrogens with zero attached hydrogens (tertiary/aromatic N) is 3. The Morgan fingerprint density at radius 3 is 2.64 bits per heavy atom. The number of carbonyl (C=O) groups is 1. The molecule has 1 saturated heterocycles. The van der Waals surface area contributed by atoms with Crippen LogP contribution in [0.25, 0.3) is 11.3 Å². The predicted molar refractivity (Wildman–Crippen MR) is 92.7 cm³/mol. The van der Waals surface area contributed by atoms with Gasteiger partial charge in [-0.25, -0.2) is 18.7 Å². The van der Waals surface area contributed by atoms with E-state index >= 15 is 0 Å². The van der Waals surface area contributed by atoms with E-state index in [1.54, 1.807) is 29.2 Å². The van der Waals surface area contributed by atoms with E-state index in [-0.39, 0.29) is 18.2 Å². The lowest BCUT2D eigenvalue weighted by atomic mass is 9.99. The number of aromatic nitrogens is 2. The van der Waals surface area contributed by atoms with Crippen molar-refractivity contribution in [3.8, 4) is 11.3 Å². The average molecular weight is 412 g/mol. The van der Waals surface area contributed by atoms with Crippen molar-refractivity contribution < 1.29 is 18.7 Å². The summed E-state index contributed by atoms with van der Waals surface area (Å²) in [7, 11) is 0. The van der Waals surface area contributed by atoms with Gasteiger partial charge in [-0.1, -0.05) is 28.1 Å². The van der Waals surface area contributed by atoms with Crippen LogP contribution in [-0.4, -0.2) is 34.1 Å². The monoisotopic (exact) mass is 411 g/mol. The van der Waals surface area contributed by atoms with Gasteiger partial charge in [-0.2, -0.15) is 0 Å². The minimum absolute atomic E-state index is 0.154. The molecule has 1 aromatic carbocycles. The van der Waals surface area contributed by atoms with Crippen LogP contribution >= 0.6 is 15.9 Å². The van der Waals surface area contributed by atoms with E-state index in [1.807, 2.05) is 0 Å². The Labute approximate surface area is 151 Å². The molecule has 5 nitrogen and oxygen atoms in total. The van der Waals surface area contributed by atoms with E-state index in [2.05, 4.69) is 25.9 Å². The number of hydrogen-bond donors (Lipinski definition) is 1. The van der Waals surface area contributed by atoms with Gasteiger partial charge in [0.25, 0.3) is 6.43 Å². The van der Waals surface area contributed by atoms with Gasteiger partial charge in [0.2, 0.25) is 5.95 Å². The quantitative estimate of drug-likeness (QED) is 0.818. The summed E-state index contributed by atoms with van der Waals surface area (Å²) in [5.74, 6) is -1.27. The summed E-state index contributed by atoms with van der Waals surface area (Å²) in [5.41, 5.74) is 0.728. The standard InChI is InChI=1S/C17H16BrF2N3O2/c18-12-5-3-10(4-6-12)13-8-14(15(19)20)22-17(21-13)23-7-1-2-11(9-23)16(24)25/h3-6,8,11,15H,1-2,7,9H2,(H,24,25). The molecule has 0 amide bonds. The van der Waals surface area contributed by atoms with E-state index in [1.165, 1.54) is 6.07 Å². The minimum atomic E-state index is -2.73. The van der Waals surface area contributed by atoms with Crippen molar-refractivity contribution >= 4 is 27.8 Å². The van der Waals surface area contributed by atoms with Gasteiger partial charge >= 0.3 is 5.97 Å². The van der Waals surface area contributed by atoms with Crippen molar-refractivity contribution in [2.75, 3.05) is 18.0 Å². The molecule has 0 aliphatic carbocycles. The maximum absolute atomic E-state index is 13.3. The van der Waals surface area contributed by atoms with Gasteiger partial charge in [0.05, 0.1) is 11.6 Å². The zero-order valence-corrected chi connectivity index (χ0v) is 14.8. The Balaban J connectivity index is 1.98. The fourth-order valence-electron chi connectivity index (χ4n) is 2.83. The highest BCUT2D eigenvalue weighted by Gasteiger charge is 2.27. The summed E-state index contributed by atoms with van der Waals surface area (Å²) in [4.78, 5) is 21.3. The van der Waals surface area contributed by atoms with Crippen LogP contribution < -0.4 is 4.90 Å². The Morgan fingerprint density at radius 1 is 1.28 bits per heavy atom. The lowest BCUT2D eigenvalue weighted by Gasteiger charge is -2.31. The molecule has 3 rings (SSSR count). The van der Waals surface area contributed by atoms with Crippen molar-refractivity contribution in [3.63, 3.8) is 0 Å². The summed E-state index contributed by atoms with van der Waals surface area (Å²) < 4.78 is 27.4. The third-order valence-electron chi connectivity index (χ3n) is 4.15. The number of halogens is 3. The van der Waals surface area contributed by atoms with Crippen LogP contribution in [0, 0.1) is 5.92 Å². The Hall–Kier alpha value is -2.09. The second-order valence-corrected chi connectivity index (χ2v) is 6.82. The van der Waals surface area contributed by atoms with Crippen LogP contribution in [-0.2, 0) is 4.79 Å².